The van der Waals surface area contributed by atoms with Crippen molar-refractivity contribution in [3.63, 3.8) is 0 Å². The van der Waals surface area contributed by atoms with E-state index in [9.17, 15) is 4.79 Å². The summed E-state index contributed by atoms with van der Waals surface area (Å²) in [7, 11) is 1.77. The van der Waals surface area contributed by atoms with Gasteiger partial charge in [-0.15, -0.1) is 0 Å². The molecule has 25 heavy (non-hydrogen) atoms. The highest BCUT2D eigenvalue weighted by Gasteiger charge is 2.17. The number of anilines is 1. The van der Waals surface area contributed by atoms with Crippen LogP contribution in [-0.2, 0) is 6.54 Å². The van der Waals surface area contributed by atoms with Crippen LogP contribution in [0.2, 0.25) is 0 Å². The molecule has 0 saturated carbocycles. The third-order valence-electron chi connectivity index (χ3n) is 4.10. The molecule has 2 heterocycles. The van der Waals surface area contributed by atoms with Crippen LogP contribution in [0.1, 0.15) is 17.0 Å². The van der Waals surface area contributed by atoms with E-state index in [-0.39, 0.29) is 6.03 Å². The minimum atomic E-state index is -0.181. The van der Waals surface area contributed by atoms with Crippen molar-refractivity contribution in [1.82, 2.24) is 19.7 Å². The van der Waals surface area contributed by atoms with Gasteiger partial charge in [-0.2, -0.15) is 5.10 Å². The van der Waals surface area contributed by atoms with E-state index in [2.05, 4.69) is 15.4 Å². The van der Waals surface area contributed by atoms with Crippen LogP contribution in [0.5, 0.6) is 0 Å². The Morgan fingerprint density at radius 3 is 2.60 bits per heavy atom. The van der Waals surface area contributed by atoms with Crippen molar-refractivity contribution in [3.05, 3.63) is 71.8 Å². The van der Waals surface area contributed by atoms with Crippen LogP contribution in [0.25, 0.3) is 5.69 Å². The fourth-order valence-electron chi connectivity index (χ4n) is 2.69. The van der Waals surface area contributed by atoms with Gasteiger partial charge in [0.1, 0.15) is 0 Å². The van der Waals surface area contributed by atoms with Crippen molar-refractivity contribution in [2.75, 3.05) is 12.4 Å². The molecule has 0 saturated heterocycles. The molecule has 0 aliphatic rings. The van der Waals surface area contributed by atoms with Gasteiger partial charge in [0.2, 0.25) is 0 Å². The molecule has 0 spiro atoms. The number of urea groups is 1. The fourth-order valence-corrected chi connectivity index (χ4v) is 2.69. The number of para-hydroxylation sites is 1. The lowest BCUT2D eigenvalue weighted by molar-refractivity contribution is 0.220. The quantitative estimate of drug-likeness (QED) is 0.793. The number of carbonyl (C=O) groups excluding carboxylic acids is 1. The van der Waals surface area contributed by atoms with E-state index >= 15 is 0 Å². The predicted octanol–water partition coefficient (Wildman–Crippen LogP) is 3.55. The van der Waals surface area contributed by atoms with Gasteiger partial charge in [-0.1, -0.05) is 18.2 Å². The Morgan fingerprint density at radius 2 is 1.92 bits per heavy atom. The summed E-state index contributed by atoms with van der Waals surface area (Å²) >= 11 is 0. The molecule has 1 aromatic carbocycles. The minimum Gasteiger partial charge on any atom is -0.323 e. The fraction of sp³-hybridized carbons (Fsp3) is 0.211. The molecule has 3 aromatic rings. The summed E-state index contributed by atoms with van der Waals surface area (Å²) in [6.45, 7) is 4.47. The van der Waals surface area contributed by atoms with E-state index in [4.69, 9.17) is 0 Å². The number of hydrogen-bond donors (Lipinski definition) is 1. The van der Waals surface area contributed by atoms with Crippen molar-refractivity contribution in [1.29, 1.82) is 0 Å². The number of benzene rings is 1. The summed E-state index contributed by atoms with van der Waals surface area (Å²) in [5, 5.41) is 7.46. The number of carbonyl (C=O) groups is 1. The Balaban J connectivity index is 1.76. The molecule has 6 nitrogen and oxygen atoms in total. The molecular weight excluding hydrogens is 314 g/mol. The molecule has 0 radical (unpaired) electrons. The minimum absolute atomic E-state index is 0.181. The summed E-state index contributed by atoms with van der Waals surface area (Å²) in [4.78, 5) is 18.0. The Morgan fingerprint density at radius 1 is 1.16 bits per heavy atom. The summed E-state index contributed by atoms with van der Waals surface area (Å²) in [5.41, 5.74) is 4.68. The van der Waals surface area contributed by atoms with Gasteiger partial charge in [0, 0.05) is 24.5 Å². The van der Waals surface area contributed by atoms with Crippen molar-refractivity contribution >= 4 is 11.7 Å². The second kappa shape index (κ2) is 7.17. The van der Waals surface area contributed by atoms with Crippen molar-refractivity contribution in [2.45, 2.75) is 20.4 Å². The van der Waals surface area contributed by atoms with Gasteiger partial charge in [0.05, 0.1) is 29.8 Å². The van der Waals surface area contributed by atoms with Gasteiger partial charge in [0.15, 0.2) is 0 Å². The Kier molecular flexibility index (Phi) is 4.79. The summed E-state index contributed by atoms with van der Waals surface area (Å²) < 4.78 is 1.91. The zero-order chi connectivity index (χ0) is 17.8. The molecule has 0 fully saturated rings. The smallest absolute Gasteiger partial charge is 0.321 e. The highest BCUT2D eigenvalue weighted by molar-refractivity contribution is 5.88. The number of nitrogens with one attached hydrogen (secondary N) is 1. The Labute approximate surface area is 147 Å². The average molecular weight is 335 g/mol. The van der Waals surface area contributed by atoms with Crippen LogP contribution in [0, 0.1) is 13.8 Å². The maximum Gasteiger partial charge on any atom is 0.321 e. The van der Waals surface area contributed by atoms with Crippen LogP contribution in [0.4, 0.5) is 10.5 Å². The SMILES string of the molecule is Cc1nn(-c2ccccc2)c(C)c1CN(C)C(=O)Nc1cccnc1. The third kappa shape index (κ3) is 3.68. The van der Waals surface area contributed by atoms with Crippen molar-refractivity contribution < 1.29 is 4.79 Å². The molecular formula is C19H21N5O. The molecule has 0 bridgehead atoms. The number of aryl methyl sites for hydroxylation is 1. The van der Waals surface area contributed by atoms with E-state index in [0.29, 0.717) is 12.2 Å². The van der Waals surface area contributed by atoms with E-state index < -0.39 is 0 Å². The summed E-state index contributed by atoms with van der Waals surface area (Å²) in [6, 6.07) is 13.4. The maximum absolute atomic E-state index is 12.4. The van der Waals surface area contributed by atoms with E-state index in [1.54, 1.807) is 30.4 Å². The zero-order valence-electron chi connectivity index (χ0n) is 14.6. The predicted molar refractivity (Wildman–Crippen MR) is 97.8 cm³/mol. The lowest BCUT2D eigenvalue weighted by atomic mass is 10.2. The van der Waals surface area contributed by atoms with Crippen molar-refractivity contribution in [2.24, 2.45) is 0 Å². The number of aromatic nitrogens is 3. The number of rotatable bonds is 4. The second-order valence-corrected chi connectivity index (χ2v) is 5.92. The molecule has 2 aromatic heterocycles. The first-order chi connectivity index (χ1) is 12.1. The normalized spacial score (nSPS) is 10.5. The summed E-state index contributed by atoms with van der Waals surface area (Å²) in [5.74, 6) is 0. The molecule has 0 atom stereocenters. The van der Waals surface area contributed by atoms with Gasteiger partial charge >= 0.3 is 6.03 Å². The molecule has 3 rings (SSSR count). The molecule has 0 aliphatic heterocycles. The average Bonchev–Trinajstić information content (AvgIpc) is 2.91. The van der Waals surface area contributed by atoms with Crippen LogP contribution < -0.4 is 5.32 Å². The molecule has 6 heteroatoms. The lowest BCUT2D eigenvalue weighted by Crippen LogP contribution is -2.31. The number of hydrogen-bond acceptors (Lipinski definition) is 3. The lowest BCUT2D eigenvalue weighted by Gasteiger charge is -2.18. The highest BCUT2D eigenvalue weighted by atomic mass is 16.2. The standard InChI is InChI=1S/C19H21N5O/c1-14-18(15(2)24(22-14)17-9-5-4-6-10-17)13-23(3)19(25)21-16-8-7-11-20-12-16/h4-12H,13H2,1-3H3,(H,21,25). The topological polar surface area (TPSA) is 63.1 Å². The Bertz CT molecular complexity index is 858. The van der Waals surface area contributed by atoms with Gasteiger partial charge < -0.3 is 10.2 Å². The molecule has 128 valence electrons. The Hall–Kier alpha value is -3.15. The molecule has 0 aliphatic carbocycles. The van der Waals surface area contributed by atoms with Crippen LogP contribution in [-0.4, -0.2) is 32.7 Å². The van der Waals surface area contributed by atoms with Crippen molar-refractivity contribution in [3.8, 4) is 5.69 Å². The van der Waals surface area contributed by atoms with Gasteiger partial charge in [-0.05, 0) is 38.1 Å². The van der Waals surface area contributed by atoms with Gasteiger partial charge in [-0.3, -0.25) is 4.98 Å². The van der Waals surface area contributed by atoms with Gasteiger partial charge in [0.25, 0.3) is 0 Å². The molecule has 0 unspecified atom stereocenters. The molecule has 1 N–H and O–H groups in total. The number of nitrogens with zero attached hydrogens (tertiary/aromatic N) is 4. The van der Waals surface area contributed by atoms with Crippen LogP contribution in [0.3, 0.4) is 0 Å². The van der Waals surface area contributed by atoms with Crippen LogP contribution >= 0.6 is 0 Å². The first-order valence-electron chi connectivity index (χ1n) is 8.09. The first-order valence-corrected chi connectivity index (χ1v) is 8.09. The number of pyridine rings is 1. The largest absolute Gasteiger partial charge is 0.323 e. The van der Waals surface area contributed by atoms with E-state index in [1.807, 2.05) is 54.9 Å². The maximum atomic E-state index is 12.4. The monoisotopic (exact) mass is 335 g/mol. The van der Waals surface area contributed by atoms with Crippen LogP contribution in [0.15, 0.2) is 54.9 Å². The van der Waals surface area contributed by atoms with E-state index in [1.165, 1.54) is 0 Å². The first kappa shape index (κ1) is 16.7. The highest BCUT2D eigenvalue weighted by Crippen LogP contribution is 2.19. The molecule has 2 amide bonds. The second-order valence-electron chi connectivity index (χ2n) is 5.92. The third-order valence-corrected chi connectivity index (χ3v) is 4.10. The summed E-state index contributed by atoms with van der Waals surface area (Å²) in [6.07, 6.45) is 3.29. The number of amides is 2. The van der Waals surface area contributed by atoms with Gasteiger partial charge in [-0.25, -0.2) is 9.48 Å². The zero-order valence-corrected chi connectivity index (χ0v) is 14.6. The van der Waals surface area contributed by atoms with E-state index in [0.717, 1.165) is 22.6 Å².